The van der Waals surface area contributed by atoms with Crippen molar-refractivity contribution in [1.29, 1.82) is 0 Å². The molecule has 1 heterocycles. The van der Waals surface area contributed by atoms with Crippen molar-refractivity contribution in [1.82, 2.24) is 14.7 Å². The molecule has 182 valence electrons. The molecule has 1 aliphatic carbocycles. The summed E-state index contributed by atoms with van der Waals surface area (Å²) in [4.78, 5) is 2.26. The first-order chi connectivity index (χ1) is 16.4. The van der Waals surface area contributed by atoms with E-state index >= 15 is 0 Å². The first-order valence-corrected chi connectivity index (χ1v) is 12.1. The number of aliphatic hydroxyl groups excluding tert-OH is 1. The molecular formula is C27H33F2N3O2. The van der Waals surface area contributed by atoms with Gasteiger partial charge in [0.05, 0.1) is 11.7 Å². The van der Waals surface area contributed by atoms with Crippen LogP contribution in [0.2, 0.25) is 0 Å². The third-order valence-electron chi connectivity index (χ3n) is 6.19. The van der Waals surface area contributed by atoms with E-state index in [4.69, 9.17) is 9.84 Å². The molecular weight excluding hydrogens is 436 g/mol. The molecule has 1 aromatic heterocycles. The molecule has 0 saturated heterocycles. The minimum atomic E-state index is -0.766. The van der Waals surface area contributed by atoms with E-state index in [0.29, 0.717) is 24.9 Å². The lowest BCUT2D eigenvalue weighted by Crippen LogP contribution is -2.34. The monoisotopic (exact) mass is 469 g/mol. The Morgan fingerprint density at radius 2 is 1.94 bits per heavy atom. The van der Waals surface area contributed by atoms with Crippen LogP contribution in [0.3, 0.4) is 0 Å². The molecule has 34 heavy (non-hydrogen) atoms. The van der Waals surface area contributed by atoms with Crippen LogP contribution >= 0.6 is 0 Å². The Balaban J connectivity index is 1.68. The fraction of sp³-hybridized carbons (Fsp3) is 0.444. The molecule has 1 aliphatic rings. The van der Waals surface area contributed by atoms with Gasteiger partial charge in [-0.3, -0.25) is 4.90 Å². The summed E-state index contributed by atoms with van der Waals surface area (Å²) in [5.74, 6) is -0.431. The van der Waals surface area contributed by atoms with E-state index in [9.17, 15) is 13.9 Å². The van der Waals surface area contributed by atoms with Crippen molar-refractivity contribution < 1.29 is 18.6 Å². The summed E-state index contributed by atoms with van der Waals surface area (Å²) in [6, 6.07) is 13.1. The number of hydrogen-bond donors (Lipinski definition) is 1. The molecule has 4 rings (SSSR count). The second-order valence-corrected chi connectivity index (χ2v) is 9.23. The quantitative estimate of drug-likeness (QED) is 0.358. The van der Waals surface area contributed by atoms with E-state index in [1.165, 1.54) is 25.0 Å². The molecule has 1 N–H and O–H groups in total. The summed E-state index contributed by atoms with van der Waals surface area (Å²) in [5, 5.41) is 15.3. The molecule has 3 aromatic rings. The number of rotatable bonds is 12. The number of aliphatic hydroxyl groups is 1. The van der Waals surface area contributed by atoms with Gasteiger partial charge in [0.1, 0.15) is 11.5 Å². The Morgan fingerprint density at radius 3 is 2.62 bits per heavy atom. The Labute approximate surface area is 200 Å². The molecule has 0 radical (unpaired) electrons. The van der Waals surface area contributed by atoms with Crippen molar-refractivity contribution >= 4 is 0 Å². The minimum Gasteiger partial charge on any atom is -0.436 e. The van der Waals surface area contributed by atoms with Crippen molar-refractivity contribution in [3.8, 4) is 22.9 Å². The number of nitrogens with zero attached hydrogens (tertiary/aromatic N) is 3. The number of hydrogen-bond acceptors (Lipinski definition) is 4. The lowest BCUT2D eigenvalue weighted by Gasteiger charge is -2.25. The highest BCUT2D eigenvalue weighted by atomic mass is 19.1. The highest BCUT2D eigenvalue weighted by molar-refractivity contribution is 5.65. The zero-order valence-corrected chi connectivity index (χ0v) is 19.9. The largest absolute Gasteiger partial charge is 0.436 e. The molecule has 0 amide bonds. The second-order valence-electron chi connectivity index (χ2n) is 9.23. The summed E-state index contributed by atoms with van der Waals surface area (Å²) in [5.41, 5.74) is 2.51. The predicted molar refractivity (Wildman–Crippen MR) is 129 cm³/mol. The van der Waals surface area contributed by atoms with Crippen LogP contribution in [-0.2, 0) is 13.6 Å². The first kappa shape index (κ1) is 24.4. The minimum absolute atomic E-state index is 0.0537. The summed E-state index contributed by atoms with van der Waals surface area (Å²) in [6.07, 6.45) is 4.78. The Bertz CT molecular complexity index is 1080. The standard InChI is InChI=1S/C27H33F2N3O2/c1-3-4-10-22(33)17-32(16-19-11-12-19)18-23-26(20-8-6-5-7-9-20)30-31(2)27(23)34-25-14-13-21(28)15-24(25)29/h5-9,13-15,19,22,33H,3-4,10-12,16-18H2,1-2H3. The van der Waals surface area contributed by atoms with Crippen LogP contribution in [0.25, 0.3) is 11.3 Å². The second kappa shape index (κ2) is 11.1. The normalized spacial score (nSPS) is 14.5. The lowest BCUT2D eigenvalue weighted by molar-refractivity contribution is 0.0966. The number of aryl methyl sites for hydroxylation is 1. The molecule has 1 saturated carbocycles. The van der Waals surface area contributed by atoms with Gasteiger partial charge in [-0.2, -0.15) is 5.10 Å². The van der Waals surface area contributed by atoms with E-state index in [0.717, 1.165) is 48.7 Å². The third-order valence-corrected chi connectivity index (χ3v) is 6.19. The van der Waals surface area contributed by atoms with Crippen LogP contribution < -0.4 is 4.74 Å². The molecule has 0 spiro atoms. The Hall–Kier alpha value is -2.77. The van der Waals surface area contributed by atoms with E-state index in [1.54, 1.807) is 11.7 Å². The molecule has 5 nitrogen and oxygen atoms in total. The average Bonchev–Trinajstić information content (AvgIpc) is 3.58. The van der Waals surface area contributed by atoms with E-state index in [1.807, 2.05) is 30.3 Å². The van der Waals surface area contributed by atoms with E-state index in [2.05, 4.69) is 11.8 Å². The van der Waals surface area contributed by atoms with Gasteiger partial charge < -0.3 is 9.84 Å². The van der Waals surface area contributed by atoms with Gasteiger partial charge in [-0.05, 0) is 37.3 Å². The molecule has 1 fully saturated rings. The molecule has 0 bridgehead atoms. The van der Waals surface area contributed by atoms with Gasteiger partial charge in [-0.15, -0.1) is 0 Å². The predicted octanol–water partition coefficient (Wildman–Crippen LogP) is 5.92. The topological polar surface area (TPSA) is 50.5 Å². The SMILES string of the molecule is CCCCC(O)CN(Cc1c(-c2ccccc2)nn(C)c1Oc1ccc(F)cc1F)CC1CC1. The van der Waals surface area contributed by atoms with Crippen LogP contribution in [0.5, 0.6) is 11.6 Å². The Morgan fingerprint density at radius 1 is 1.18 bits per heavy atom. The number of ether oxygens (including phenoxy) is 1. The molecule has 1 atom stereocenters. The van der Waals surface area contributed by atoms with Crippen LogP contribution in [0.1, 0.15) is 44.6 Å². The van der Waals surface area contributed by atoms with E-state index < -0.39 is 17.7 Å². The van der Waals surface area contributed by atoms with Gasteiger partial charge in [-0.25, -0.2) is 13.5 Å². The zero-order valence-electron chi connectivity index (χ0n) is 19.9. The first-order valence-electron chi connectivity index (χ1n) is 12.1. The number of benzene rings is 2. The summed E-state index contributed by atoms with van der Waals surface area (Å²) in [7, 11) is 1.76. The average molecular weight is 470 g/mol. The molecule has 1 unspecified atom stereocenters. The maximum Gasteiger partial charge on any atom is 0.222 e. The van der Waals surface area contributed by atoms with Crippen molar-refractivity contribution in [2.75, 3.05) is 13.1 Å². The maximum absolute atomic E-state index is 14.4. The van der Waals surface area contributed by atoms with Crippen molar-refractivity contribution in [2.45, 2.75) is 51.7 Å². The molecule has 7 heteroatoms. The lowest BCUT2D eigenvalue weighted by atomic mass is 10.1. The summed E-state index contributed by atoms with van der Waals surface area (Å²) < 4.78 is 35.5. The van der Waals surface area contributed by atoms with Crippen LogP contribution in [0.15, 0.2) is 48.5 Å². The maximum atomic E-state index is 14.4. The Kier molecular flexibility index (Phi) is 7.95. The highest BCUT2D eigenvalue weighted by Gasteiger charge is 2.28. The van der Waals surface area contributed by atoms with Gasteiger partial charge in [0.15, 0.2) is 11.6 Å². The van der Waals surface area contributed by atoms with E-state index in [-0.39, 0.29) is 5.75 Å². The van der Waals surface area contributed by atoms with Crippen molar-refractivity contribution in [3.05, 3.63) is 65.7 Å². The fourth-order valence-electron chi connectivity index (χ4n) is 4.23. The van der Waals surface area contributed by atoms with Crippen LogP contribution in [0.4, 0.5) is 8.78 Å². The third kappa shape index (κ3) is 6.21. The van der Waals surface area contributed by atoms with Crippen molar-refractivity contribution in [3.63, 3.8) is 0 Å². The fourth-order valence-corrected chi connectivity index (χ4v) is 4.23. The zero-order chi connectivity index (χ0) is 24.1. The van der Waals surface area contributed by atoms with Gasteiger partial charge >= 0.3 is 0 Å². The van der Waals surface area contributed by atoms with Crippen LogP contribution in [-0.4, -0.2) is 39.0 Å². The van der Waals surface area contributed by atoms with Gasteiger partial charge in [-0.1, -0.05) is 50.1 Å². The van der Waals surface area contributed by atoms with Crippen LogP contribution in [0, 0.1) is 17.6 Å². The number of halogens is 2. The van der Waals surface area contributed by atoms with Crippen molar-refractivity contribution in [2.24, 2.45) is 13.0 Å². The molecule has 0 aliphatic heterocycles. The molecule has 2 aromatic carbocycles. The highest BCUT2D eigenvalue weighted by Crippen LogP contribution is 2.36. The number of unbranched alkanes of at least 4 members (excludes halogenated alkanes) is 1. The van der Waals surface area contributed by atoms with Gasteiger partial charge in [0, 0.05) is 38.3 Å². The number of aromatic nitrogens is 2. The summed E-state index contributed by atoms with van der Waals surface area (Å²) in [6.45, 7) is 4.07. The smallest absolute Gasteiger partial charge is 0.222 e. The summed E-state index contributed by atoms with van der Waals surface area (Å²) >= 11 is 0. The van der Waals surface area contributed by atoms with Gasteiger partial charge in [0.2, 0.25) is 5.88 Å². The van der Waals surface area contributed by atoms with Gasteiger partial charge in [0.25, 0.3) is 0 Å².